The third-order valence-electron chi connectivity index (χ3n) is 7.14. The van der Waals surface area contributed by atoms with Crippen LogP contribution in [0.5, 0.6) is 0 Å². The average molecular weight is 667 g/mol. The number of methoxy groups -OCH3 is 1. The van der Waals surface area contributed by atoms with E-state index in [0.717, 1.165) is 63.2 Å². The standard InChI is InChI=1S/C13H17F2NO.C10H10ClN3O.C9H17NO2.CH5N/c1-17-7-6-16-5-4-11(9-16)10-2-3-12(14)13(15)8-10;11-9-6-13-14(10(9)12-7-15)8-4-2-1-3-5-8;1-9(2,3)12-8(11)10-6-4-5-7-10;1-2/h2-3,8,11H,4-7,9H2,1H3;1-5,7,13H,6H2,(H,12,15);4-7H2,1-3H3;2H2,1H3. The Morgan fingerprint density at radius 2 is 1.76 bits per heavy atom. The van der Waals surface area contributed by atoms with Crippen molar-refractivity contribution in [2.75, 3.05) is 65.0 Å². The molecule has 10 nitrogen and oxygen atoms in total. The molecule has 1 unspecified atom stereocenters. The minimum atomic E-state index is -0.775. The Balaban J connectivity index is 0.000000237. The first-order valence-corrected chi connectivity index (χ1v) is 15.8. The molecular formula is C33H49ClF2N6O4. The van der Waals surface area contributed by atoms with E-state index in [0.29, 0.717) is 36.3 Å². The van der Waals surface area contributed by atoms with E-state index in [1.807, 2.05) is 51.1 Å². The smallest absolute Gasteiger partial charge is 0.410 e. The zero-order chi connectivity index (χ0) is 34.1. The van der Waals surface area contributed by atoms with E-state index >= 15 is 0 Å². The summed E-state index contributed by atoms with van der Waals surface area (Å²) in [6.07, 6.45) is 3.66. The largest absolute Gasteiger partial charge is 0.444 e. The number of nitrogens with one attached hydrogen (secondary N) is 2. The fraction of sp³-hybridized carbons (Fsp3) is 0.515. The van der Waals surface area contributed by atoms with Crippen LogP contribution >= 0.6 is 11.6 Å². The van der Waals surface area contributed by atoms with Gasteiger partial charge in [-0.2, -0.15) is 0 Å². The van der Waals surface area contributed by atoms with E-state index in [9.17, 15) is 18.4 Å². The number of hydrogen-bond acceptors (Lipinski definition) is 8. The van der Waals surface area contributed by atoms with Crippen molar-refractivity contribution in [1.29, 1.82) is 0 Å². The third kappa shape index (κ3) is 12.8. The molecule has 2 saturated heterocycles. The molecule has 2 aromatic carbocycles. The lowest BCUT2D eigenvalue weighted by molar-refractivity contribution is -0.109. The summed E-state index contributed by atoms with van der Waals surface area (Å²) in [5.41, 5.74) is 9.02. The van der Waals surface area contributed by atoms with E-state index in [1.54, 1.807) is 23.1 Å². The Kier molecular flexibility index (Phi) is 17.0. The second-order valence-corrected chi connectivity index (χ2v) is 12.1. The van der Waals surface area contributed by atoms with Crippen LogP contribution in [0.15, 0.2) is 59.4 Å². The Morgan fingerprint density at radius 1 is 1.09 bits per heavy atom. The fourth-order valence-electron chi connectivity index (χ4n) is 4.95. The van der Waals surface area contributed by atoms with Crippen LogP contribution in [0.25, 0.3) is 0 Å². The Hall–Kier alpha value is -3.29. The molecule has 0 saturated carbocycles. The second kappa shape index (κ2) is 20.1. The molecule has 0 radical (unpaired) electrons. The SMILES string of the molecule is CC(C)(C)OC(=O)N1CCCC1.CN.COCCN1CCC(c2ccc(F)c(F)c2)C1.O=CNC1=C(Cl)CNN1c1ccccc1. The molecule has 0 aliphatic carbocycles. The number of nitrogens with zero attached hydrogens (tertiary/aromatic N) is 3. The zero-order valence-electron chi connectivity index (χ0n) is 27.5. The molecule has 13 heteroatoms. The van der Waals surface area contributed by atoms with Crippen LogP contribution in [0, 0.1) is 11.6 Å². The minimum Gasteiger partial charge on any atom is -0.444 e. The van der Waals surface area contributed by atoms with Gasteiger partial charge in [-0.25, -0.2) is 19.0 Å². The molecule has 2 fully saturated rings. The highest BCUT2D eigenvalue weighted by molar-refractivity contribution is 6.30. The normalized spacial score (nSPS) is 17.7. The van der Waals surface area contributed by atoms with Gasteiger partial charge in [0, 0.05) is 33.3 Å². The topological polar surface area (TPSA) is 112 Å². The molecule has 0 bridgehead atoms. The van der Waals surface area contributed by atoms with Crippen LogP contribution in [-0.2, 0) is 14.3 Å². The molecule has 3 aliphatic rings. The summed E-state index contributed by atoms with van der Waals surface area (Å²) in [5, 5.41) is 4.91. The van der Waals surface area contributed by atoms with E-state index in [4.69, 9.17) is 21.1 Å². The Morgan fingerprint density at radius 3 is 2.35 bits per heavy atom. The van der Waals surface area contributed by atoms with E-state index in [-0.39, 0.29) is 11.7 Å². The van der Waals surface area contributed by atoms with Gasteiger partial charge in [-0.05, 0) is 89.4 Å². The highest BCUT2D eigenvalue weighted by Crippen LogP contribution is 2.28. The number of nitrogens with two attached hydrogens (primary N) is 1. The molecule has 3 heterocycles. The van der Waals surface area contributed by atoms with Crippen LogP contribution in [0.3, 0.4) is 0 Å². The predicted octanol–water partition coefficient (Wildman–Crippen LogP) is 5.16. The summed E-state index contributed by atoms with van der Waals surface area (Å²) in [6.45, 7) is 11.4. The minimum absolute atomic E-state index is 0.167. The van der Waals surface area contributed by atoms with Gasteiger partial charge >= 0.3 is 6.09 Å². The van der Waals surface area contributed by atoms with E-state index < -0.39 is 11.6 Å². The molecule has 0 spiro atoms. The highest BCUT2D eigenvalue weighted by atomic mass is 35.5. The number of carbonyl (C=O) groups is 2. The summed E-state index contributed by atoms with van der Waals surface area (Å²) < 4.78 is 36.2. The third-order valence-corrected chi connectivity index (χ3v) is 7.45. The van der Waals surface area contributed by atoms with Crippen LogP contribution in [0.2, 0.25) is 0 Å². The maximum atomic E-state index is 13.1. The molecule has 2 amide bonds. The van der Waals surface area contributed by atoms with E-state index in [1.165, 1.54) is 19.2 Å². The fourth-order valence-corrected chi connectivity index (χ4v) is 5.15. The van der Waals surface area contributed by atoms with Crippen molar-refractivity contribution >= 4 is 29.8 Å². The number of anilines is 1. The summed E-state index contributed by atoms with van der Waals surface area (Å²) in [7, 11) is 3.18. The lowest BCUT2D eigenvalue weighted by atomic mass is 9.98. The van der Waals surface area contributed by atoms with Gasteiger partial charge in [0.25, 0.3) is 0 Å². The van der Waals surface area contributed by atoms with Crippen LogP contribution in [0.1, 0.15) is 51.5 Å². The molecule has 4 N–H and O–H groups in total. The molecule has 5 rings (SSSR count). The summed E-state index contributed by atoms with van der Waals surface area (Å²) >= 11 is 5.96. The van der Waals surface area contributed by atoms with Gasteiger partial charge in [-0.15, -0.1) is 0 Å². The van der Waals surface area contributed by atoms with Crippen LogP contribution in [-0.4, -0.2) is 87.9 Å². The van der Waals surface area contributed by atoms with Gasteiger partial charge in [0.2, 0.25) is 6.41 Å². The predicted molar refractivity (Wildman–Crippen MR) is 178 cm³/mol. The highest BCUT2D eigenvalue weighted by Gasteiger charge is 2.25. The molecule has 256 valence electrons. The van der Waals surface area contributed by atoms with Crippen molar-refractivity contribution in [3.05, 3.63) is 76.6 Å². The number of hydrogen-bond donors (Lipinski definition) is 3. The van der Waals surface area contributed by atoms with Crippen molar-refractivity contribution in [3.8, 4) is 0 Å². The number of halogens is 3. The van der Waals surface area contributed by atoms with Gasteiger partial charge in [0.1, 0.15) is 11.4 Å². The maximum Gasteiger partial charge on any atom is 0.410 e. The average Bonchev–Trinajstić information content (AvgIpc) is 3.82. The molecule has 3 aliphatic heterocycles. The quantitative estimate of drug-likeness (QED) is 0.348. The number of hydrazine groups is 1. The second-order valence-electron chi connectivity index (χ2n) is 11.6. The molecule has 2 aromatic rings. The van der Waals surface area contributed by atoms with Crippen molar-refractivity contribution in [2.45, 2.75) is 51.6 Å². The summed E-state index contributed by atoms with van der Waals surface area (Å²) in [5.74, 6) is -0.638. The molecular weight excluding hydrogens is 618 g/mol. The van der Waals surface area contributed by atoms with Gasteiger partial charge < -0.3 is 30.3 Å². The molecule has 46 heavy (non-hydrogen) atoms. The number of rotatable bonds is 7. The van der Waals surface area contributed by atoms with Gasteiger partial charge in [-0.1, -0.05) is 35.9 Å². The Bertz CT molecular complexity index is 1240. The van der Waals surface area contributed by atoms with Crippen LogP contribution < -0.4 is 21.5 Å². The van der Waals surface area contributed by atoms with Gasteiger partial charge in [0.05, 0.1) is 23.9 Å². The lowest BCUT2D eigenvalue weighted by Crippen LogP contribution is -2.36. The number of likely N-dealkylation sites (tertiary alicyclic amines) is 2. The van der Waals surface area contributed by atoms with Gasteiger partial charge in [-0.3, -0.25) is 9.80 Å². The number of benzene rings is 2. The monoisotopic (exact) mass is 666 g/mol. The van der Waals surface area contributed by atoms with Crippen molar-refractivity contribution in [3.63, 3.8) is 0 Å². The van der Waals surface area contributed by atoms with Crippen molar-refractivity contribution in [2.24, 2.45) is 5.73 Å². The first-order chi connectivity index (χ1) is 22.0. The van der Waals surface area contributed by atoms with Crippen LogP contribution in [0.4, 0.5) is 19.3 Å². The summed E-state index contributed by atoms with van der Waals surface area (Å²) in [4.78, 5) is 25.8. The maximum absolute atomic E-state index is 13.1. The zero-order valence-corrected chi connectivity index (χ0v) is 28.3. The summed E-state index contributed by atoms with van der Waals surface area (Å²) in [6, 6.07) is 13.8. The molecule has 1 atom stereocenters. The number of para-hydroxylation sites is 1. The van der Waals surface area contributed by atoms with Gasteiger partial charge in [0.15, 0.2) is 11.6 Å². The lowest BCUT2D eigenvalue weighted by Gasteiger charge is -2.23. The molecule has 0 aromatic heterocycles. The number of ether oxygens (including phenoxy) is 2. The van der Waals surface area contributed by atoms with E-state index in [2.05, 4.69) is 21.4 Å². The first kappa shape index (κ1) is 38.9. The first-order valence-electron chi connectivity index (χ1n) is 15.4. The van der Waals surface area contributed by atoms with Crippen molar-refractivity contribution < 1.29 is 27.8 Å². The number of carbonyl (C=O) groups excluding carboxylic acids is 2. The Labute approximate surface area is 276 Å². The van der Waals surface area contributed by atoms with Crippen molar-refractivity contribution in [1.82, 2.24) is 20.5 Å². The number of amides is 2.